The largest absolute Gasteiger partial charge is 0.394 e. The van der Waals surface area contributed by atoms with Gasteiger partial charge in [0.1, 0.15) is 0 Å². The zero-order valence-electron chi connectivity index (χ0n) is 10.5. The predicted octanol–water partition coefficient (Wildman–Crippen LogP) is 1.73. The SMILES string of the molecule is O=C(NC1(CO)CC1)c1cccc(-n2cccc2)c1. The van der Waals surface area contributed by atoms with Gasteiger partial charge in [-0.2, -0.15) is 0 Å². The molecule has 1 fully saturated rings. The lowest BCUT2D eigenvalue weighted by molar-refractivity contribution is 0.0907. The number of carbonyl (C=O) groups excluding carboxylic acids is 1. The molecule has 1 amide bonds. The van der Waals surface area contributed by atoms with E-state index in [1.54, 1.807) is 6.07 Å². The highest BCUT2D eigenvalue weighted by Gasteiger charge is 2.43. The Bertz CT molecular complexity index is 586. The van der Waals surface area contributed by atoms with Crippen LogP contribution in [0.3, 0.4) is 0 Å². The van der Waals surface area contributed by atoms with Crippen LogP contribution in [-0.2, 0) is 0 Å². The number of aliphatic hydroxyl groups excluding tert-OH is 1. The number of amides is 1. The average molecular weight is 256 g/mol. The fraction of sp³-hybridized carbons (Fsp3) is 0.267. The molecule has 1 aromatic heterocycles. The molecule has 4 heteroatoms. The normalized spacial score (nSPS) is 16.1. The minimum absolute atomic E-state index is 0.00995. The number of nitrogens with zero attached hydrogens (tertiary/aromatic N) is 1. The molecule has 0 bridgehead atoms. The average Bonchev–Trinajstić information content (AvgIpc) is 3.01. The van der Waals surface area contributed by atoms with Crippen LogP contribution in [0.4, 0.5) is 0 Å². The second-order valence-corrected chi connectivity index (χ2v) is 5.03. The van der Waals surface area contributed by atoms with Gasteiger partial charge in [0.15, 0.2) is 0 Å². The Morgan fingerprint density at radius 2 is 2.00 bits per heavy atom. The number of benzene rings is 1. The molecule has 1 aliphatic carbocycles. The molecule has 19 heavy (non-hydrogen) atoms. The van der Waals surface area contributed by atoms with Gasteiger partial charge in [-0.25, -0.2) is 0 Å². The summed E-state index contributed by atoms with van der Waals surface area (Å²) in [5, 5.41) is 12.1. The number of carbonyl (C=O) groups is 1. The van der Waals surface area contributed by atoms with Crippen molar-refractivity contribution in [3.05, 3.63) is 54.4 Å². The highest BCUT2D eigenvalue weighted by atomic mass is 16.3. The summed E-state index contributed by atoms with van der Waals surface area (Å²) in [5.41, 5.74) is 1.19. The molecule has 1 saturated carbocycles. The van der Waals surface area contributed by atoms with Crippen LogP contribution in [0.5, 0.6) is 0 Å². The van der Waals surface area contributed by atoms with Crippen LogP contribution in [0.25, 0.3) is 5.69 Å². The summed E-state index contributed by atoms with van der Waals surface area (Å²) in [5.74, 6) is -0.124. The van der Waals surface area contributed by atoms with E-state index >= 15 is 0 Å². The smallest absolute Gasteiger partial charge is 0.251 e. The number of aliphatic hydroxyl groups is 1. The van der Waals surface area contributed by atoms with E-state index in [0.29, 0.717) is 5.56 Å². The molecule has 1 aliphatic rings. The molecule has 0 unspecified atom stereocenters. The minimum Gasteiger partial charge on any atom is -0.394 e. The van der Waals surface area contributed by atoms with Crippen molar-refractivity contribution in [2.75, 3.05) is 6.61 Å². The molecular formula is C15H16N2O2. The molecule has 0 aliphatic heterocycles. The summed E-state index contributed by atoms with van der Waals surface area (Å²) < 4.78 is 1.95. The molecule has 1 aromatic carbocycles. The van der Waals surface area contributed by atoms with Crippen molar-refractivity contribution in [2.24, 2.45) is 0 Å². The van der Waals surface area contributed by atoms with E-state index in [2.05, 4.69) is 5.32 Å². The van der Waals surface area contributed by atoms with Gasteiger partial charge in [-0.1, -0.05) is 6.07 Å². The number of hydrogen-bond donors (Lipinski definition) is 2. The van der Waals surface area contributed by atoms with Crippen LogP contribution in [0.15, 0.2) is 48.8 Å². The molecule has 0 radical (unpaired) electrons. The third kappa shape index (κ3) is 2.39. The van der Waals surface area contributed by atoms with Crippen molar-refractivity contribution in [3.8, 4) is 5.69 Å². The first-order valence-corrected chi connectivity index (χ1v) is 6.39. The third-order valence-electron chi connectivity index (χ3n) is 3.55. The summed E-state index contributed by atoms with van der Waals surface area (Å²) >= 11 is 0. The molecule has 1 heterocycles. The van der Waals surface area contributed by atoms with Gasteiger partial charge in [0.25, 0.3) is 5.91 Å². The van der Waals surface area contributed by atoms with Gasteiger partial charge in [-0.05, 0) is 43.2 Å². The predicted molar refractivity (Wildman–Crippen MR) is 72.3 cm³/mol. The van der Waals surface area contributed by atoms with Crippen LogP contribution >= 0.6 is 0 Å². The van der Waals surface area contributed by atoms with Crippen LogP contribution in [0.2, 0.25) is 0 Å². The Kier molecular flexibility index (Phi) is 2.87. The Morgan fingerprint density at radius 1 is 1.26 bits per heavy atom. The highest BCUT2D eigenvalue weighted by Crippen LogP contribution is 2.34. The second-order valence-electron chi connectivity index (χ2n) is 5.03. The van der Waals surface area contributed by atoms with Gasteiger partial charge in [0, 0.05) is 23.6 Å². The monoisotopic (exact) mass is 256 g/mol. The van der Waals surface area contributed by atoms with E-state index in [-0.39, 0.29) is 18.1 Å². The summed E-state index contributed by atoms with van der Waals surface area (Å²) in [7, 11) is 0. The Balaban J connectivity index is 1.81. The summed E-state index contributed by atoms with van der Waals surface area (Å²) in [6.45, 7) is 0.00995. The molecule has 0 atom stereocenters. The number of nitrogens with one attached hydrogen (secondary N) is 1. The van der Waals surface area contributed by atoms with Gasteiger partial charge < -0.3 is 15.0 Å². The number of rotatable bonds is 4. The first-order valence-electron chi connectivity index (χ1n) is 6.39. The fourth-order valence-electron chi connectivity index (χ4n) is 2.10. The maximum Gasteiger partial charge on any atom is 0.251 e. The lowest BCUT2D eigenvalue weighted by Crippen LogP contribution is -2.39. The summed E-state index contributed by atoms with van der Waals surface area (Å²) in [4.78, 5) is 12.1. The topological polar surface area (TPSA) is 54.3 Å². The third-order valence-corrected chi connectivity index (χ3v) is 3.55. The van der Waals surface area contributed by atoms with Crippen molar-refractivity contribution < 1.29 is 9.90 Å². The molecule has 0 saturated heterocycles. The first kappa shape index (κ1) is 12.0. The molecule has 2 N–H and O–H groups in total. The second kappa shape index (κ2) is 4.55. The zero-order valence-corrected chi connectivity index (χ0v) is 10.5. The van der Waals surface area contributed by atoms with Gasteiger partial charge in [0.05, 0.1) is 12.1 Å². The highest BCUT2D eigenvalue weighted by molar-refractivity contribution is 5.95. The van der Waals surface area contributed by atoms with Crippen LogP contribution in [0.1, 0.15) is 23.2 Å². The Labute approximate surface area is 111 Å². The van der Waals surface area contributed by atoms with Crippen LogP contribution < -0.4 is 5.32 Å². The van der Waals surface area contributed by atoms with Gasteiger partial charge in [0.2, 0.25) is 0 Å². The molecule has 3 rings (SSSR count). The van der Waals surface area contributed by atoms with Crippen LogP contribution in [-0.4, -0.2) is 27.7 Å². The van der Waals surface area contributed by atoms with Crippen molar-refractivity contribution in [2.45, 2.75) is 18.4 Å². The molecule has 4 nitrogen and oxygen atoms in total. The molecule has 2 aromatic rings. The van der Waals surface area contributed by atoms with Gasteiger partial charge in [-0.15, -0.1) is 0 Å². The lowest BCUT2D eigenvalue weighted by Gasteiger charge is -2.14. The maximum absolute atomic E-state index is 12.1. The fourth-order valence-corrected chi connectivity index (χ4v) is 2.10. The van der Waals surface area contributed by atoms with E-state index in [4.69, 9.17) is 0 Å². The van der Waals surface area contributed by atoms with Crippen molar-refractivity contribution >= 4 is 5.91 Å². The molecular weight excluding hydrogens is 240 g/mol. The van der Waals surface area contributed by atoms with Crippen molar-refractivity contribution in [3.63, 3.8) is 0 Å². The standard InChI is InChI=1S/C15H16N2O2/c18-11-15(6-7-15)16-14(19)12-4-3-5-13(10-12)17-8-1-2-9-17/h1-5,8-10,18H,6-7,11H2,(H,16,19). The molecule has 0 spiro atoms. The van der Waals surface area contributed by atoms with Gasteiger partial charge in [-0.3, -0.25) is 4.79 Å². The maximum atomic E-state index is 12.1. The Hall–Kier alpha value is -2.07. The minimum atomic E-state index is -0.374. The quantitative estimate of drug-likeness (QED) is 0.875. The summed E-state index contributed by atoms with van der Waals surface area (Å²) in [6.07, 6.45) is 5.58. The van der Waals surface area contributed by atoms with E-state index < -0.39 is 0 Å². The first-order chi connectivity index (χ1) is 9.22. The summed E-state index contributed by atoms with van der Waals surface area (Å²) in [6, 6.07) is 11.3. The molecule has 98 valence electrons. The number of aromatic nitrogens is 1. The van der Waals surface area contributed by atoms with E-state index in [1.165, 1.54) is 0 Å². The Morgan fingerprint density at radius 3 is 2.63 bits per heavy atom. The van der Waals surface area contributed by atoms with Crippen molar-refractivity contribution in [1.82, 2.24) is 9.88 Å². The van der Waals surface area contributed by atoms with E-state index in [9.17, 15) is 9.90 Å². The van der Waals surface area contributed by atoms with E-state index in [0.717, 1.165) is 18.5 Å². The van der Waals surface area contributed by atoms with Gasteiger partial charge >= 0.3 is 0 Å². The van der Waals surface area contributed by atoms with E-state index in [1.807, 2.05) is 47.3 Å². The van der Waals surface area contributed by atoms with Crippen molar-refractivity contribution in [1.29, 1.82) is 0 Å². The lowest BCUT2D eigenvalue weighted by atomic mass is 10.1. The number of hydrogen-bond acceptors (Lipinski definition) is 2. The van der Waals surface area contributed by atoms with Crippen LogP contribution in [0, 0.1) is 0 Å². The zero-order chi connectivity index (χ0) is 13.3.